The molecule has 0 aromatic carbocycles. The van der Waals surface area contributed by atoms with Gasteiger partial charge < -0.3 is 0 Å². The number of rotatable bonds is 8. The van der Waals surface area contributed by atoms with Crippen molar-refractivity contribution in [2.24, 2.45) is 5.92 Å². The third kappa shape index (κ3) is 7.38. The summed E-state index contributed by atoms with van der Waals surface area (Å²) in [4.78, 5) is 0. The molecule has 0 bridgehead atoms. The van der Waals surface area contributed by atoms with E-state index in [-0.39, 0.29) is 0 Å². The maximum absolute atomic E-state index is 2.35. The Bertz CT molecular complexity index is 81.1. The van der Waals surface area contributed by atoms with Gasteiger partial charge in [-0.2, -0.15) is 0 Å². The molecule has 0 saturated heterocycles. The fourth-order valence-electron chi connectivity index (χ4n) is 1.26. The normalized spacial score (nSPS) is 13.6. The van der Waals surface area contributed by atoms with Crippen LogP contribution in [0, 0.1) is 5.92 Å². The average Bonchev–Trinajstić information content (AvgIpc) is 2.10. The standard InChI is InChI=1S/C11H24I/c1-4-7-9-12-10-11(6-3)8-5-2/h11H,4-10H2,1-3H3/q-1/t11-/m1/s1. The van der Waals surface area contributed by atoms with Crippen molar-refractivity contribution in [1.29, 1.82) is 0 Å². The van der Waals surface area contributed by atoms with Gasteiger partial charge in [0.15, 0.2) is 0 Å². The second kappa shape index (κ2) is 9.82. The molecule has 0 rings (SSSR count). The van der Waals surface area contributed by atoms with Crippen LogP contribution in [0.1, 0.15) is 52.9 Å². The SMILES string of the molecule is CCCC[I-]C[C@H](CC)CCC. The molecule has 0 unspecified atom stereocenters. The van der Waals surface area contributed by atoms with E-state index in [1.165, 1.54) is 32.1 Å². The average molecular weight is 283 g/mol. The molecule has 12 heavy (non-hydrogen) atoms. The number of halogens is 1. The van der Waals surface area contributed by atoms with Gasteiger partial charge in [0, 0.05) is 0 Å². The monoisotopic (exact) mass is 283 g/mol. The van der Waals surface area contributed by atoms with E-state index in [1.54, 1.807) is 8.86 Å². The van der Waals surface area contributed by atoms with Crippen molar-refractivity contribution in [3.05, 3.63) is 0 Å². The van der Waals surface area contributed by atoms with Gasteiger partial charge in [-0.3, -0.25) is 0 Å². The van der Waals surface area contributed by atoms with Crippen LogP contribution in [0.4, 0.5) is 0 Å². The van der Waals surface area contributed by atoms with Crippen LogP contribution in [0.25, 0.3) is 0 Å². The first-order chi connectivity index (χ1) is 5.85. The van der Waals surface area contributed by atoms with Crippen LogP contribution in [0.2, 0.25) is 0 Å². The summed E-state index contributed by atoms with van der Waals surface area (Å²) in [5, 5.41) is 0. The van der Waals surface area contributed by atoms with Crippen molar-refractivity contribution in [2.75, 3.05) is 8.86 Å². The van der Waals surface area contributed by atoms with E-state index in [0.29, 0.717) is 21.2 Å². The van der Waals surface area contributed by atoms with Crippen LogP contribution in [0.15, 0.2) is 0 Å². The summed E-state index contributed by atoms with van der Waals surface area (Å²) < 4.78 is 3.15. The second-order valence-corrected chi connectivity index (χ2v) is 6.49. The van der Waals surface area contributed by atoms with E-state index in [0.717, 1.165) is 5.92 Å². The first-order valence-corrected chi connectivity index (χ1v) is 8.43. The van der Waals surface area contributed by atoms with E-state index in [4.69, 9.17) is 0 Å². The summed E-state index contributed by atoms with van der Waals surface area (Å²) >= 11 is 0.559. The first kappa shape index (κ1) is 12.7. The molecule has 0 aromatic heterocycles. The Morgan fingerprint density at radius 3 is 2.33 bits per heavy atom. The summed E-state index contributed by atoms with van der Waals surface area (Å²) in [6.07, 6.45) is 7.15. The van der Waals surface area contributed by atoms with Gasteiger partial charge in [0.2, 0.25) is 0 Å². The zero-order chi connectivity index (χ0) is 9.23. The zero-order valence-electron chi connectivity index (χ0n) is 8.91. The van der Waals surface area contributed by atoms with Crippen molar-refractivity contribution in [3.63, 3.8) is 0 Å². The van der Waals surface area contributed by atoms with E-state index < -0.39 is 0 Å². The number of unbranched alkanes of at least 4 members (excludes halogenated alkanes) is 1. The molecule has 0 N–H and O–H groups in total. The quantitative estimate of drug-likeness (QED) is 0.349. The Kier molecular flexibility index (Phi) is 10.4. The maximum atomic E-state index is 2.35. The van der Waals surface area contributed by atoms with Gasteiger partial charge in [-0.05, 0) is 0 Å². The molecule has 1 atom stereocenters. The summed E-state index contributed by atoms with van der Waals surface area (Å²) in [6, 6.07) is 0. The van der Waals surface area contributed by atoms with E-state index in [1.807, 2.05) is 0 Å². The molecular weight excluding hydrogens is 259 g/mol. The van der Waals surface area contributed by atoms with Gasteiger partial charge in [-0.1, -0.05) is 0 Å². The Morgan fingerprint density at radius 2 is 1.83 bits per heavy atom. The van der Waals surface area contributed by atoms with Crippen molar-refractivity contribution < 1.29 is 21.2 Å². The molecule has 0 nitrogen and oxygen atoms in total. The van der Waals surface area contributed by atoms with Gasteiger partial charge in [0.25, 0.3) is 0 Å². The van der Waals surface area contributed by atoms with Crippen LogP contribution >= 0.6 is 0 Å². The molecule has 0 amide bonds. The summed E-state index contributed by atoms with van der Waals surface area (Å²) in [5.74, 6) is 1.07. The topological polar surface area (TPSA) is 0 Å². The Hall–Kier alpha value is 0.730. The molecule has 0 aliphatic carbocycles. The molecule has 1 heteroatoms. The summed E-state index contributed by atoms with van der Waals surface area (Å²) in [7, 11) is 0. The number of hydrogen-bond acceptors (Lipinski definition) is 0. The van der Waals surface area contributed by atoms with Crippen molar-refractivity contribution >= 4 is 0 Å². The molecule has 0 spiro atoms. The van der Waals surface area contributed by atoms with Gasteiger partial charge >= 0.3 is 88.9 Å². The molecule has 0 saturated carbocycles. The van der Waals surface area contributed by atoms with E-state index in [2.05, 4.69) is 20.8 Å². The van der Waals surface area contributed by atoms with Crippen LogP contribution in [0.3, 0.4) is 0 Å². The van der Waals surface area contributed by atoms with Crippen molar-refractivity contribution in [1.82, 2.24) is 0 Å². The fraction of sp³-hybridized carbons (Fsp3) is 1.00. The first-order valence-electron chi connectivity index (χ1n) is 5.38. The van der Waals surface area contributed by atoms with Crippen LogP contribution < -0.4 is 21.2 Å². The molecule has 76 valence electrons. The summed E-state index contributed by atoms with van der Waals surface area (Å²) in [5.41, 5.74) is 0. The van der Waals surface area contributed by atoms with Crippen molar-refractivity contribution in [3.8, 4) is 0 Å². The minimum atomic E-state index is 0.559. The van der Waals surface area contributed by atoms with Gasteiger partial charge in [-0.15, -0.1) is 0 Å². The van der Waals surface area contributed by atoms with Gasteiger partial charge in [-0.25, -0.2) is 0 Å². The van der Waals surface area contributed by atoms with E-state index >= 15 is 0 Å². The number of alkyl halides is 2. The third-order valence-corrected chi connectivity index (χ3v) is 5.62. The molecule has 0 radical (unpaired) electrons. The number of hydrogen-bond donors (Lipinski definition) is 0. The molecular formula is C11H24I-. The van der Waals surface area contributed by atoms with Crippen LogP contribution in [0.5, 0.6) is 0 Å². The van der Waals surface area contributed by atoms with Gasteiger partial charge in [0.05, 0.1) is 0 Å². The predicted octanol–water partition coefficient (Wildman–Crippen LogP) is 0.702. The fourth-order valence-corrected chi connectivity index (χ4v) is 4.94. The Labute approximate surface area is 88.8 Å². The van der Waals surface area contributed by atoms with Crippen LogP contribution in [-0.2, 0) is 0 Å². The zero-order valence-corrected chi connectivity index (χ0v) is 11.1. The molecule has 0 aromatic rings. The van der Waals surface area contributed by atoms with Crippen LogP contribution in [-0.4, -0.2) is 8.86 Å². The molecule has 0 fully saturated rings. The molecule has 0 heterocycles. The predicted molar refractivity (Wildman–Crippen MR) is 53.3 cm³/mol. The minimum absolute atomic E-state index is 0.559. The Balaban J connectivity index is 3.19. The second-order valence-electron chi connectivity index (χ2n) is 3.45. The van der Waals surface area contributed by atoms with Gasteiger partial charge in [0.1, 0.15) is 0 Å². The third-order valence-electron chi connectivity index (χ3n) is 2.22. The van der Waals surface area contributed by atoms with Crippen molar-refractivity contribution in [2.45, 2.75) is 52.9 Å². The Morgan fingerprint density at radius 1 is 1.08 bits per heavy atom. The van der Waals surface area contributed by atoms with E-state index in [9.17, 15) is 0 Å². The molecule has 0 aliphatic rings. The molecule has 0 aliphatic heterocycles. The summed E-state index contributed by atoms with van der Waals surface area (Å²) in [6.45, 7) is 6.96.